The van der Waals surface area contributed by atoms with Crippen molar-refractivity contribution in [2.45, 2.75) is 32.5 Å². The number of hydrogen-bond acceptors (Lipinski definition) is 4. The fourth-order valence-corrected chi connectivity index (χ4v) is 3.15. The predicted molar refractivity (Wildman–Crippen MR) is 89.3 cm³/mol. The molecule has 0 aliphatic carbocycles. The lowest BCUT2D eigenvalue weighted by Crippen LogP contribution is -2.38. The second-order valence-electron chi connectivity index (χ2n) is 6.06. The molecule has 2 heterocycles. The van der Waals surface area contributed by atoms with E-state index >= 15 is 0 Å². The number of carbonyl (C=O) groups is 1. The highest BCUT2D eigenvalue weighted by Gasteiger charge is 2.43. The number of fused-ring (bicyclic) bond motifs is 1. The maximum absolute atomic E-state index is 13.6. The van der Waals surface area contributed by atoms with Crippen molar-refractivity contribution in [2.24, 2.45) is 10.9 Å². The Bertz CT molecular complexity index is 842. The molecular weight excluding hydrogens is 347 g/mol. The third-order valence-electron chi connectivity index (χ3n) is 4.26. The van der Waals surface area contributed by atoms with E-state index in [2.05, 4.69) is 10.1 Å². The van der Waals surface area contributed by atoms with Crippen molar-refractivity contribution in [3.63, 3.8) is 0 Å². The Balaban J connectivity index is 2.16. The van der Waals surface area contributed by atoms with Crippen LogP contribution in [0, 0.1) is 5.92 Å². The minimum Gasteiger partial charge on any atom is -0.465 e. The van der Waals surface area contributed by atoms with Gasteiger partial charge in [0.1, 0.15) is 5.92 Å². The number of benzene rings is 1. The van der Waals surface area contributed by atoms with E-state index in [1.165, 1.54) is 29.1 Å². The number of hydrogen-bond donors (Lipinski definition) is 0. The SMILES string of the molecule is CCCOC(=O)C1C(C)=Nc2ccnn2C1c1ccccc1C(F)(F)F. The van der Waals surface area contributed by atoms with Gasteiger partial charge in [0.15, 0.2) is 5.82 Å². The van der Waals surface area contributed by atoms with Crippen molar-refractivity contribution in [1.29, 1.82) is 0 Å². The second-order valence-corrected chi connectivity index (χ2v) is 6.06. The van der Waals surface area contributed by atoms with E-state index < -0.39 is 29.7 Å². The highest BCUT2D eigenvalue weighted by atomic mass is 19.4. The van der Waals surface area contributed by atoms with Gasteiger partial charge in [-0.25, -0.2) is 9.67 Å². The van der Waals surface area contributed by atoms with Gasteiger partial charge in [-0.3, -0.25) is 4.79 Å². The van der Waals surface area contributed by atoms with E-state index in [9.17, 15) is 18.0 Å². The molecule has 2 unspecified atom stereocenters. The van der Waals surface area contributed by atoms with Gasteiger partial charge in [-0.05, 0) is 25.0 Å². The Labute approximate surface area is 148 Å². The summed E-state index contributed by atoms with van der Waals surface area (Å²) in [5, 5.41) is 4.12. The fourth-order valence-electron chi connectivity index (χ4n) is 3.15. The quantitative estimate of drug-likeness (QED) is 0.764. The van der Waals surface area contributed by atoms with E-state index in [0.717, 1.165) is 6.07 Å². The minimum absolute atomic E-state index is 0.0300. The van der Waals surface area contributed by atoms with Crippen LogP contribution in [0.25, 0.3) is 0 Å². The molecule has 5 nitrogen and oxygen atoms in total. The van der Waals surface area contributed by atoms with E-state index in [1.807, 2.05) is 6.92 Å². The van der Waals surface area contributed by atoms with E-state index in [1.54, 1.807) is 13.0 Å². The summed E-state index contributed by atoms with van der Waals surface area (Å²) in [4.78, 5) is 16.9. The number of nitrogens with zero attached hydrogens (tertiary/aromatic N) is 3. The van der Waals surface area contributed by atoms with Crippen LogP contribution in [0.5, 0.6) is 0 Å². The zero-order valence-electron chi connectivity index (χ0n) is 14.3. The Kier molecular flexibility index (Phi) is 4.84. The van der Waals surface area contributed by atoms with Crippen LogP contribution in [0.15, 0.2) is 41.5 Å². The van der Waals surface area contributed by atoms with Crippen molar-refractivity contribution < 1.29 is 22.7 Å². The molecule has 0 saturated heterocycles. The van der Waals surface area contributed by atoms with Crippen molar-refractivity contribution in [2.75, 3.05) is 6.61 Å². The van der Waals surface area contributed by atoms with Crippen LogP contribution in [-0.4, -0.2) is 28.1 Å². The summed E-state index contributed by atoms with van der Waals surface area (Å²) in [5.41, 5.74) is -0.423. The van der Waals surface area contributed by atoms with Crippen LogP contribution < -0.4 is 0 Å². The average Bonchev–Trinajstić information content (AvgIpc) is 3.05. The molecule has 2 aromatic rings. The zero-order chi connectivity index (χ0) is 18.9. The molecule has 138 valence electrons. The van der Waals surface area contributed by atoms with Gasteiger partial charge in [-0.2, -0.15) is 18.3 Å². The summed E-state index contributed by atoms with van der Waals surface area (Å²) in [6.45, 7) is 3.66. The third-order valence-corrected chi connectivity index (χ3v) is 4.26. The number of rotatable bonds is 4. The van der Waals surface area contributed by atoms with Crippen molar-refractivity contribution in [1.82, 2.24) is 9.78 Å². The van der Waals surface area contributed by atoms with E-state index in [4.69, 9.17) is 4.74 Å². The molecule has 1 aromatic heterocycles. The van der Waals surface area contributed by atoms with Gasteiger partial charge in [0.25, 0.3) is 0 Å². The number of aliphatic imine (C=N–C) groups is 1. The number of ether oxygens (including phenoxy) is 1. The monoisotopic (exact) mass is 365 g/mol. The molecular formula is C18H18F3N3O2. The Morgan fingerprint density at radius 3 is 2.69 bits per heavy atom. The number of aromatic nitrogens is 2. The maximum atomic E-state index is 13.6. The predicted octanol–water partition coefficient (Wildman–Crippen LogP) is 4.17. The number of alkyl halides is 3. The lowest BCUT2D eigenvalue weighted by atomic mass is 9.86. The number of carbonyl (C=O) groups excluding carboxylic acids is 1. The summed E-state index contributed by atoms with van der Waals surface area (Å²) in [6.07, 6.45) is -2.48. The van der Waals surface area contributed by atoms with Crippen LogP contribution >= 0.6 is 0 Å². The molecule has 0 spiro atoms. The second kappa shape index (κ2) is 6.93. The van der Waals surface area contributed by atoms with Gasteiger partial charge in [0.05, 0.1) is 24.4 Å². The summed E-state index contributed by atoms with van der Waals surface area (Å²) in [6, 6.07) is 5.85. The molecule has 0 radical (unpaired) electrons. The van der Waals surface area contributed by atoms with Crippen LogP contribution in [0.4, 0.5) is 19.0 Å². The lowest BCUT2D eigenvalue weighted by molar-refractivity contribution is -0.148. The Morgan fingerprint density at radius 2 is 2.00 bits per heavy atom. The van der Waals surface area contributed by atoms with Gasteiger partial charge >= 0.3 is 12.1 Å². The van der Waals surface area contributed by atoms with Crippen LogP contribution in [0.2, 0.25) is 0 Å². The molecule has 8 heteroatoms. The molecule has 1 aliphatic heterocycles. The first-order valence-electron chi connectivity index (χ1n) is 8.26. The zero-order valence-corrected chi connectivity index (χ0v) is 14.3. The van der Waals surface area contributed by atoms with Crippen LogP contribution in [0.1, 0.15) is 37.4 Å². The largest absolute Gasteiger partial charge is 0.465 e. The van der Waals surface area contributed by atoms with Crippen LogP contribution in [-0.2, 0) is 15.7 Å². The summed E-state index contributed by atoms with van der Waals surface area (Å²) >= 11 is 0. The van der Waals surface area contributed by atoms with Gasteiger partial charge in [0, 0.05) is 11.8 Å². The van der Waals surface area contributed by atoms with E-state index in [-0.39, 0.29) is 12.2 Å². The molecule has 1 aliphatic rings. The molecule has 0 amide bonds. The molecule has 1 aromatic carbocycles. The first-order valence-corrected chi connectivity index (χ1v) is 8.26. The van der Waals surface area contributed by atoms with Gasteiger partial charge in [-0.1, -0.05) is 25.1 Å². The van der Waals surface area contributed by atoms with Crippen molar-refractivity contribution in [3.05, 3.63) is 47.7 Å². The molecule has 26 heavy (non-hydrogen) atoms. The molecule has 0 fully saturated rings. The smallest absolute Gasteiger partial charge is 0.416 e. The first-order chi connectivity index (χ1) is 12.3. The fraction of sp³-hybridized carbons (Fsp3) is 0.389. The van der Waals surface area contributed by atoms with Gasteiger partial charge < -0.3 is 4.74 Å². The highest BCUT2D eigenvalue weighted by Crippen LogP contribution is 2.42. The standard InChI is InChI=1S/C18H18F3N3O2/c1-3-10-26-17(25)15-11(2)23-14-8-9-22-24(14)16(15)12-6-4-5-7-13(12)18(19,20)21/h4-9,15-16H,3,10H2,1-2H3. The Morgan fingerprint density at radius 1 is 1.27 bits per heavy atom. The molecule has 2 atom stereocenters. The third kappa shape index (κ3) is 3.23. The van der Waals surface area contributed by atoms with Crippen molar-refractivity contribution >= 4 is 17.5 Å². The van der Waals surface area contributed by atoms with Gasteiger partial charge in [0.2, 0.25) is 0 Å². The average molecular weight is 365 g/mol. The van der Waals surface area contributed by atoms with E-state index in [0.29, 0.717) is 18.0 Å². The Hall–Kier alpha value is -2.64. The molecule has 0 bridgehead atoms. The summed E-state index contributed by atoms with van der Waals surface area (Å²) in [5.74, 6) is -1.17. The maximum Gasteiger partial charge on any atom is 0.416 e. The summed E-state index contributed by atoms with van der Waals surface area (Å²) in [7, 11) is 0. The minimum atomic E-state index is -4.55. The normalized spacial score (nSPS) is 19.7. The number of halogens is 3. The molecule has 0 saturated carbocycles. The first kappa shape index (κ1) is 18.2. The topological polar surface area (TPSA) is 56.5 Å². The van der Waals surface area contributed by atoms with Crippen molar-refractivity contribution in [3.8, 4) is 0 Å². The lowest BCUT2D eigenvalue weighted by Gasteiger charge is -2.32. The van der Waals surface area contributed by atoms with Crippen LogP contribution in [0.3, 0.4) is 0 Å². The van der Waals surface area contributed by atoms with Gasteiger partial charge in [-0.15, -0.1) is 0 Å². The summed E-state index contributed by atoms with van der Waals surface area (Å²) < 4.78 is 47.3. The highest BCUT2D eigenvalue weighted by molar-refractivity contribution is 6.03. The molecule has 3 rings (SSSR count). The number of esters is 1. The molecule has 0 N–H and O–H groups in total.